The van der Waals surface area contributed by atoms with Gasteiger partial charge < -0.3 is 18.9 Å². The molecule has 0 aliphatic carbocycles. The smallest absolute Gasteiger partial charge is 0.184 e. The highest BCUT2D eigenvalue weighted by atomic mass is 16.7. The van der Waals surface area contributed by atoms with Crippen LogP contribution >= 0.6 is 0 Å². The molecule has 4 atom stereocenters. The summed E-state index contributed by atoms with van der Waals surface area (Å²) >= 11 is 0. The maximum atomic E-state index is 6.41. The van der Waals surface area contributed by atoms with Crippen LogP contribution in [0.5, 0.6) is 5.75 Å². The van der Waals surface area contributed by atoms with Gasteiger partial charge in [-0.05, 0) is 48.4 Å². The zero-order valence-corrected chi connectivity index (χ0v) is 21.2. The lowest BCUT2D eigenvalue weighted by Crippen LogP contribution is -2.45. The van der Waals surface area contributed by atoms with Crippen LogP contribution < -0.4 is 4.74 Å². The van der Waals surface area contributed by atoms with Crippen molar-refractivity contribution in [2.24, 2.45) is 0 Å². The van der Waals surface area contributed by atoms with E-state index in [0.29, 0.717) is 12.5 Å². The van der Waals surface area contributed by atoms with E-state index in [1.807, 2.05) is 0 Å². The highest BCUT2D eigenvalue weighted by molar-refractivity contribution is 5.29. The molecule has 4 nitrogen and oxygen atoms in total. The Morgan fingerprint density at radius 3 is 2.24 bits per heavy atom. The van der Waals surface area contributed by atoms with Gasteiger partial charge >= 0.3 is 0 Å². The number of ether oxygens (including phenoxy) is 4. The molecule has 2 aromatic carbocycles. The first-order valence-electron chi connectivity index (χ1n) is 13.4. The molecule has 0 unspecified atom stereocenters. The van der Waals surface area contributed by atoms with E-state index in [1.165, 1.54) is 43.2 Å². The van der Waals surface area contributed by atoms with Gasteiger partial charge in [-0.1, -0.05) is 89.3 Å². The van der Waals surface area contributed by atoms with Crippen molar-refractivity contribution in [1.82, 2.24) is 0 Å². The Hall–Kier alpha value is -1.88. The monoisotopic (exact) mass is 466 g/mol. The fourth-order valence-electron chi connectivity index (χ4n) is 4.86. The molecule has 4 rings (SSSR count). The standard InChI is InChI=1S/C30H42O4/c1-4-5-6-7-8-9-20-31-26-16-14-24(15-17-26)27-18-19-28-29(33-27)21-32-30(34-28)25-12-10-23(11-13-25)22(2)3/h10-17,22,27-30H,4-9,18-21H2,1-3H3/t27-,28+,29-,30-/m1/s1. The molecule has 2 fully saturated rings. The molecule has 2 aliphatic rings. The van der Waals surface area contributed by atoms with Crippen molar-refractivity contribution in [3.05, 3.63) is 65.2 Å². The predicted octanol–water partition coefficient (Wildman–Crippen LogP) is 7.88. The lowest BCUT2D eigenvalue weighted by Gasteiger charge is -2.42. The minimum atomic E-state index is -0.300. The normalized spacial score (nSPS) is 24.7. The highest BCUT2D eigenvalue weighted by Crippen LogP contribution is 2.39. The molecule has 0 bridgehead atoms. The van der Waals surface area contributed by atoms with Crippen LogP contribution in [0.1, 0.15) is 107 Å². The molecular formula is C30H42O4. The summed E-state index contributed by atoms with van der Waals surface area (Å²) < 4.78 is 24.7. The Kier molecular flexibility index (Phi) is 9.43. The molecule has 2 heterocycles. The van der Waals surface area contributed by atoms with Gasteiger partial charge in [0.1, 0.15) is 11.9 Å². The number of fused-ring (bicyclic) bond motifs is 1. The van der Waals surface area contributed by atoms with Gasteiger partial charge in [-0.25, -0.2) is 0 Å². The molecule has 0 N–H and O–H groups in total. The number of benzene rings is 2. The summed E-state index contributed by atoms with van der Waals surface area (Å²) in [6.07, 6.45) is 9.47. The maximum Gasteiger partial charge on any atom is 0.184 e. The molecule has 4 heteroatoms. The lowest BCUT2D eigenvalue weighted by molar-refractivity contribution is -0.289. The first kappa shape index (κ1) is 25.2. The van der Waals surface area contributed by atoms with E-state index in [1.54, 1.807) is 0 Å². The fourth-order valence-corrected chi connectivity index (χ4v) is 4.86. The second-order valence-corrected chi connectivity index (χ2v) is 10.1. The third-order valence-electron chi connectivity index (χ3n) is 7.07. The SMILES string of the molecule is CCCCCCCCOc1ccc([C@H]2CC[C@@H]3O[C@H](c4ccc(C(C)C)cc4)OC[C@H]3O2)cc1. The van der Waals surface area contributed by atoms with Crippen molar-refractivity contribution in [3.8, 4) is 5.75 Å². The van der Waals surface area contributed by atoms with Crippen molar-refractivity contribution < 1.29 is 18.9 Å². The van der Waals surface area contributed by atoms with Gasteiger partial charge in [0.25, 0.3) is 0 Å². The summed E-state index contributed by atoms with van der Waals surface area (Å²) in [5, 5.41) is 0. The predicted molar refractivity (Wildman–Crippen MR) is 136 cm³/mol. The van der Waals surface area contributed by atoms with Crippen molar-refractivity contribution in [1.29, 1.82) is 0 Å². The Labute approximate surface area is 205 Å². The summed E-state index contributed by atoms with van der Waals surface area (Å²) in [6, 6.07) is 17.0. The van der Waals surface area contributed by atoms with E-state index >= 15 is 0 Å². The Morgan fingerprint density at radius 1 is 0.794 bits per heavy atom. The Bertz CT molecular complexity index is 845. The molecule has 2 aromatic rings. The van der Waals surface area contributed by atoms with Crippen molar-refractivity contribution in [3.63, 3.8) is 0 Å². The Balaban J connectivity index is 1.22. The lowest BCUT2D eigenvalue weighted by atomic mass is 9.95. The topological polar surface area (TPSA) is 36.9 Å². The zero-order valence-electron chi connectivity index (χ0n) is 21.2. The maximum absolute atomic E-state index is 6.41. The van der Waals surface area contributed by atoms with Gasteiger partial charge in [0, 0.05) is 5.56 Å². The number of unbranched alkanes of at least 4 members (excludes halogenated alkanes) is 5. The molecular weight excluding hydrogens is 424 g/mol. The first-order valence-corrected chi connectivity index (χ1v) is 13.4. The van der Waals surface area contributed by atoms with Crippen LogP contribution in [-0.2, 0) is 14.2 Å². The second kappa shape index (κ2) is 12.7. The number of hydrogen-bond donors (Lipinski definition) is 0. The number of rotatable bonds is 11. The van der Waals surface area contributed by atoms with Crippen LogP contribution in [0.2, 0.25) is 0 Å². The first-order chi connectivity index (χ1) is 16.6. The van der Waals surface area contributed by atoms with E-state index in [9.17, 15) is 0 Å². The quantitative estimate of drug-likeness (QED) is 0.316. The van der Waals surface area contributed by atoms with Gasteiger partial charge in [-0.15, -0.1) is 0 Å². The van der Waals surface area contributed by atoms with Gasteiger partial charge in [0.2, 0.25) is 0 Å². The minimum Gasteiger partial charge on any atom is -0.494 e. The summed E-state index contributed by atoms with van der Waals surface area (Å²) in [6.45, 7) is 8.03. The van der Waals surface area contributed by atoms with Crippen LogP contribution in [0.15, 0.2) is 48.5 Å². The molecule has 2 aliphatic heterocycles. The molecule has 34 heavy (non-hydrogen) atoms. The average Bonchev–Trinajstić information content (AvgIpc) is 2.88. The summed E-state index contributed by atoms with van der Waals surface area (Å²) in [5.41, 5.74) is 3.62. The minimum absolute atomic E-state index is 0.0198. The van der Waals surface area contributed by atoms with Crippen molar-refractivity contribution >= 4 is 0 Å². The zero-order chi connectivity index (χ0) is 23.8. The molecule has 0 spiro atoms. The fraction of sp³-hybridized carbons (Fsp3) is 0.600. The Morgan fingerprint density at radius 2 is 1.50 bits per heavy atom. The molecule has 0 radical (unpaired) electrons. The van der Waals surface area contributed by atoms with E-state index in [2.05, 4.69) is 69.3 Å². The molecule has 2 saturated heterocycles. The van der Waals surface area contributed by atoms with Crippen LogP contribution in [0.25, 0.3) is 0 Å². The van der Waals surface area contributed by atoms with Crippen molar-refractivity contribution in [2.75, 3.05) is 13.2 Å². The largest absolute Gasteiger partial charge is 0.494 e. The van der Waals surface area contributed by atoms with Gasteiger partial charge in [-0.2, -0.15) is 0 Å². The van der Waals surface area contributed by atoms with Gasteiger partial charge in [-0.3, -0.25) is 0 Å². The van der Waals surface area contributed by atoms with Crippen LogP contribution in [0, 0.1) is 0 Å². The third-order valence-corrected chi connectivity index (χ3v) is 7.07. The van der Waals surface area contributed by atoms with Crippen molar-refractivity contribution in [2.45, 2.75) is 103 Å². The van der Waals surface area contributed by atoms with E-state index in [-0.39, 0.29) is 24.6 Å². The van der Waals surface area contributed by atoms with E-state index in [4.69, 9.17) is 18.9 Å². The molecule has 186 valence electrons. The highest BCUT2D eigenvalue weighted by Gasteiger charge is 2.38. The van der Waals surface area contributed by atoms with E-state index < -0.39 is 0 Å². The van der Waals surface area contributed by atoms with Crippen LogP contribution in [0.3, 0.4) is 0 Å². The summed E-state index contributed by atoms with van der Waals surface area (Å²) in [4.78, 5) is 0. The molecule has 0 saturated carbocycles. The van der Waals surface area contributed by atoms with Gasteiger partial charge in [0.15, 0.2) is 6.29 Å². The van der Waals surface area contributed by atoms with Crippen LogP contribution in [0.4, 0.5) is 0 Å². The molecule has 0 amide bonds. The summed E-state index contributed by atoms with van der Waals surface area (Å²) in [5.74, 6) is 1.47. The second-order valence-electron chi connectivity index (χ2n) is 10.1. The third kappa shape index (κ3) is 6.84. The van der Waals surface area contributed by atoms with Gasteiger partial charge in [0.05, 0.1) is 25.4 Å². The summed E-state index contributed by atoms with van der Waals surface area (Å²) in [7, 11) is 0. The van der Waals surface area contributed by atoms with Crippen LogP contribution in [-0.4, -0.2) is 25.4 Å². The number of hydrogen-bond acceptors (Lipinski definition) is 4. The molecule has 0 aromatic heterocycles. The average molecular weight is 467 g/mol. The van der Waals surface area contributed by atoms with E-state index in [0.717, 1.165) is 37.2 Å².